The molecule has 0 aliphatic carbocycles. The standard InChI is InChI=1S/C21H18ClFN2O/c22-16-3-6-18-19(13-16)24-10-7-20(18)25-11-8-15(9-12-25)21(26)14-1-4-17(23)5-2-14/h1-7,10,13,15H,8-9,11-12H2. The number of Topliss-reactive ketones (excluding diaryl/α,β-unsaturated/α-hetero) is 1. The molecule has 4 rings (SSSR count). The Balaban J connectivity index is 1.50. The minimum absolute atomic E-state index is 0.0146. The van der Waals surface area contributed by atoms with Crippen LogP contribution in [0.15, 0.2) is 54.7 Å². The van der Waals surface area contributed by atoms with Crippen LogP contribution in [-0.2, 0) is 0 Å². The number of ketones is 1. The molecule has 0 unspecified atom stereocenters. The van der Waals surface area contributed by atoms with E-state index < -0.39 is 0 Å². The molecule has 1 aliphatic heterocycles. The van der Waals surface area contributed by atoms with Gasteiger partial charge in [-0.15, -0.1) is 0 Å². The zero-order chi connectivity index (χ0) is 18.1. The molecule has 3 nitrogen and oxygen atoms in total. The summed E-state index contributed by atoms with van der Waals surface area (Å²) in [4.78, 5) is 19.3. The van der Waals surface area contributed by atoms with E-state index in [1.807, 2.05) is 24.3 Å². The van der Waals surface area contributed by atoms with Crippen LogP contribution >= 0.6 is 11.6 Å². The van der Waals surface area contributed by atoms with Crippen molar-refractivity contribution < 1.29 is 9.18 Å². The number of benzene rings is 2. The smallest absolute Gasteiger partial charge is 0.166 e. The minimum Gasteiger partial charge on any atom is -0.371 e. The first kappa shape index (κ1) is 17.0. The summed E-state index contributed by atoms with van der Waals surface area (Å²) >= 11 is 6.06. The van der Waals surface area contributed by atoms with E-state index >= 15 is 0 Å². The van der Waals surface area contributed by atoms with Crippen molar-refractivity contribution in [3.05, 3.63) is 71.1 Å². The number of hydrogen-bond acceptors (Lipinski definition) is 3. The third-order valence-corrected chi connectivity index (χ3v) is 5.25. The number of fused-ring (bicyclic) bond motifs is 1. The Morgan fingerprint density at radius 1 is 1.08 bits per heavy atom. The van der Waals surface area contributed by atoms with Crippen LogP contribution in [0, 0.1) is 11.7 Å². The van der Waals surface area contributed by atoms with Gasteiger partial charge in [-0.25, -0.2) is 4.39 Å². The lowest BCUT2D eigenvalue weighted by atomic mass is 9.88. The van der Waals surface area contributed by atoms with Gasteiger partial charge in [0, 0.05) is 46.9 Å². The molecule has 1 fully saturated rings. The maximum absolute atomic E-state index is 13.1. The fraction of sp³-hybridized carbons (Fsp3) is 0.238. The number of pyridine rings is 1. The lowest BCUT2D eigenvalue weighted by molar-refractivity contribution is 0.0900. The molecule has 1 saturated heterocycles. The Hall–Kier alpha value is -2.46. The van der Waals surface area contributed by atoms with Gasteiger partial charge in [0.05, 0.1) is 5.52 Å². The van der Waals surface area contributed by atoms with Crippen molar-refractivity contribution in [1.82, 2.24) is 4.98 Å². The normalized spacial score (nSPS) is 15.4. The van der Waals surface area contributed by atoms with Crippen LogP contribution in [-0.4, -0.2) is 23.9 Å². The van der Waals surface area contributed by atoms with E-state index in [0.29, 0.717) is 10.6 Å². The second kappa shape index (κ2) is 7.04. The van der Waals surface area contributed by atoms with Crippen LogP contribution in [0.2, 0.25) is 5.02 Å². The van der Waals surface area contributed by atoms with Gasteiger partial charge in [-0.1, -0.05) is 11.6 Å². The number of aromatic nitrogens is 1. The molecule has 0 atom stereocenters. The fourth-order valence-electron chi connectivity index (χ4n) is 3.61. The van der Waals surface area contributed by atoms with E-state index in [1.165, 1.54) is 12.1 Å². The first-order valence-electron chi connectivity index (χ1n) is 8.71. The second-order valence-corrected chi connectivity index (χ2v) is 7.06. The Kier molecular flexibility index (Phi) is 4.60. The number of anilines is 1. The van der Waals surface area contributed by atoms with Crippen molar-refractivity contribution in [2.45, 2.75) is 12.8 Å². The molecule has 0 saturated carbocycles. The predicted molar refractivity (Wildman–Crippen MR) is 102 cm³/mol. The molecule has 1 aromatic heterocycles. The van der Waals surface area contributed by atoms with Crippen molar-refractivity contribution in [3.8, 4) is 0 Å². The van der Waals surface area contributed by atoms with Crippen molar-refractivity contribution in [1.29, 1.82) is 0 Å². The third-order valence-electron chi connectivity index (χ3n) is 5.02. The van der Waals surface area contributed by atoms with E-state index in [-0.39, 0.29) is 17.5 Å². The highest BCUT2D eigenvalue weighted by Crippen LogP contribution is 2.31. The summed E-state index contributed by atoms with van der Waals surface area (Å²) in [5.41, 5.74) is 2.59. The van der Waals surface area contributed by atoms with Crippen molar-refractivity contribution in [3.63, 3.8) is 0 Å². The van der Waals surface area contributed by atoms with Gasteiger partial charge in [0.2, 0.25) is 0 Å². The van der Waals surface area contributed by atoms with E-state index in [4.69, 9.17) is 11.6 Å². The highest BCUT2D eigenvalue weighted by molar-refractivity contribution is 6.31. The van der Waals surface area contributed by atoms with Crippen LogP contribution in [0.4, 0.5) is 10.1 Å². The van der Waals surface area contributed by atoms with Crippen LogP contribution < -0.4 is 4.90 Å². The quantitative estimate of drug-likeness (QED) is 0.601. The van der Waals surface area contributed by atoms with Crippen LogP contribution in [0.1, 0.15) is 23.2 Å². The first-order valence-corrected chi connectivity index (χ1v) is 9.08. The number of piperidine rings is 1. The number of hydrogen-bond donors (Lipinski definition) is 0. The zero-order valence-electron chi connectivity index (χ0n) is 14.2. The Morgan fingerprint density at radius 2 is 1.81 bits per heavy atom. The van der Waals surface area contributed by atoms with Crippen molar-refractivity contribution in [2.75, 3.05) is 18.0 Å². The van der Waals surface area contributed by atoms with Gasteiger partial charge < -0.3 is 4.90 Å². The topological polar surface area (TPSA) is 33.2 Å². The summed E-state index contributed by atoms with van der Waals surface area (Å²) < 4.78 is 13.1. The van der Waals surface area contributed by atoms with Crippen molar-refractivity contribution in [2.24, 2.45) is 5.92 Å². The van der Waals surface area contributed by atoms with Gasteiger partial charge in [0.15, 0.2) is 5.78 Å². The molecule has 1 aliphatic rings. The maximum atomic E-state index is 13.1. The average molecular weight is 369 g/mol. The predicted octanol–water partition coefficient (Wildman–Crippen LogP) is 5.13. The van der Waals surface area contributed by atoms with Crippen LogP contribution in [0.3, 0.4) is 0 Å². The average Bonchev–Trinajstić information content (AvgIpc) is 2.67. The highest BCUT2D eigenvalue weighted by Gasteiger charge is 2.26. The molecule has 2 heterocycles. The van der Waals surface area contributed by atoms with Gasteiger partial charge in [-0.3, -0.25) is 9.78 Å². The van der Waals surface area contributed by atoms with Gasteiger partial charge >= 0.3 is 0 Å². The summed E-state index contributed by atoms with van der Waals surface area (Å²) in [6.07, 6.45) is 3.37. The van der Waals surface area contributed by atoms with E-state index in [1.54, 1.807) is 18.3 Å². The molecule has 0 spiro atoms. The third kappa shape index (κ3) is 3.29. The fourth-order valence-corrected chi connectivity index (χ4v) is 3.78. The molecule has 0 N–H and O–H groups in total. The van der Waals surface area contributed by atoms with Gasteiger partial charge in [-0.2, -0.15) is 0 Å². The summed E-state index contributed by atoms with van der Waals surface area (Å²) in [5, 5.41) is 1.74. The largest absolute Gasteiger partial charge is 0.371 e. The minimum atomic E-state index is -0.318. The van der Waals surface area contributed by atoms with E-state index in [9.17, 15) is 9.18 Å². The lowest BCUT2D eigenvalue weighted by Gasteiger charge is -2.33. The maximum Gasteiger partial charge on any atom is 0.166 e. The second-order valence-electron chi connectivity index (χ2n) is 6.62. The molecule has 3 aromatic rings. The number of rotatable bonds is 3. The Morgan fingerprint density at radius 3 is 2.54 bits per heavy atom. The Bertz CT molecular complexity index is 950. The Labute approximate surface area is 156 Å². The number of carbonyl (C=O) groups is 1. The highest BCUT2D eigenvalue weighted by atomic mass is 35.5. The first-order chi connectivity index (χ1) is 12.6. The summed E-state index contributed by atoms with van der Waals surface area (Å²) in [6, 6.07) is 13.6. The van der Waals surface area contributed by atoms with E-state index in [0.717, 1.165) is 42.5 Å². The molecule has 5 heteroatoms. The molecular weight excluding hydrogens is 351 g/mol. The molecule has 2 aromatic carbocycles. The van der Waals surface area contributed by atoms with E-state index in [2.05, 4.69) is 9.88 Å². The number of carbonyl (C=O) groups excluding carboxylic acids is 1. The summed E-state index contributed by atoms with van der Waals surface area (Å²) in [5.74, 6) is -0.226. The lowest BCUT2D eigenvalue weighted by Crippen LogP contribution is -2.36. The molecule has 132 valence electrons. The SMILES string of the molecule is O=C(c1ccc(F)cc1)C1CCN(c2ccnc3cc(Cl)ccc23)CC1. The molecule has 0 amide bonds. The molecular formula is C21H18ClFN2O. The summed E-state index contributed by atoms with van der Waals surface area (Å²) in [7, 11) is 0. The van der Waals surface area contributed by atoms with Crippen molar-refractivity contribution >= 4 is 34.0 Å². The molecule has 26 heavy (non-hydrogen) atoms. The van der Waals surface area contributed by atoms with Gasteiger partial charge in [0.1, 0.15) is 5.82 Å². The number of halogens is 2. The van der Waals surface area contributed by atoms with Gasteiger partial charge in [0.25, 0.3) is 0 Å². The molecule has 0 radical (unpaired) electrons. The monoisotopic (exact) mass is 368 g/mol. The van der Waals surface area contributed by atoms with Crippen LogP contribution in [0.5, 0.6) is 0 Å². The summed E-state index contributed by atoms with van der Waals surface area (Å²) in [6.45, 7) is 1.61. The zero-order valence-corrected chi connectivity index (χ0v) is 14.9. The van der Waals surface area contributed by atoms with Gasteiger partial charge in [-0.05, 0) is 61.4 Å². The number of nitrogens with zero attached hydrogens (tertiary/aromatic N) is 2. The molecule has 0 bridgehead atoms. The van der Waals surface area contributed by atoms with Crippen LogP contribution in [0.25, 0.3) is 10.9 Å².